The highest BCUT2D eigenvalue weighted by molar-refractivity contribution is 7.86. The van der Waals surface area contributed by atoms with E-state index in [9.17, 15) is 18.0 Å². The van der Waals surface area contributed by atoms with E-state index >= 15 is 0 Å². The van der Waals surface area contributed by atoms with E-state index in [4.69, 9.17) is 11.6 Å². The highest BCUT2D eigenvalue weighted by Crippen LogP contribution is 2.26. The van der Waals surface area contributed by atoms with E-state index in [2.05, 4.69) is 10.1 Å². The van der Waals surface area contributed by atoms with Crippen molar-refractivity contribution in [2.24, 2.45) is 5.92 Å². The van der Waals surface area contributed by atoms with Crippen molar-refractivity contribution in [2.45, 2.75) is 12.8 Å². The summed E-state index contributed by atoms with van der Waals surface area (Å²) in [5, 5.41) is 3.02. The van der Waals surface area contributed by atoms with E-state index in [1.165, 1.54) is 43.7 Å². The van der Waals surface area contributed by atoms with Crippen LogP contribution in [-0.4, -0.2) is 63.2 Å². The number of rotatable bonds is 5. The molecule has 0 unspecified atom stereocenters. The van der Waals surface area contributed by atoms with Crippen LogP contribution in [0.25, 0.3) is 0 Å². The molecule has 1 heterocycles. The first-order valence-corrected chi connectivity index (χ1v) is 9.80. The van der Waals surface area contributed by atoms with Gasteiger partial charge in [-0.05, 0) is 31.0 Å². The summed E-state index contributed by atoms with van der Waals surface area (Å²) in [6, 6.07) is 4.47. The van der Waals surface area contributed by atoms with E-state index < -0.39 is 16.2 Å². The molecule has 1 aliphatic heterocycles. The summed E-state index contributed by atoms with van der Waals surface area (Å²) in [5.41, 5.74) is 0.599. The maximum atomic E-state index is 12.5. The van der Waals surface area contributed by atoms with Gasteiger partial charge < -0.3 is 10.1 Å². The first kappa shape index (κ1) is 20.6. The third-order valence-corrected chi connectivity index (χ3v) is 6.53. The fourth-order valence-electron chi connectivity index (χ4n) is 2.68. The molecule has 1 fully saturated rings. The lowest BCUT2D eigenvalue weighted by molar-refractivity contribution is -0.120. The number of ether oxygens (including phenoxy) is 1. The monoisotopic (exact) mass is 403 g/mol. The summed E-state index contributed by atoms with van der Waals surface area (Å²) in [6.45, 7) is 0.545. The molecule has 0 spiro atoms. The summed E-state index contributed by atoms with van der Waals surface area (Å²) in [5.74, 6) is -1.11. The molecule has 0 bridgehead atoms. The minimum Gasteiger partial charge on any atom is -0.465 e. The minimum absolute atomic E-state index is 0.254. The second-order valence-corrected chi connectivity index (χ2v) is 8.69. The van der Waals surface area contributed by atoms with Gasteiger partial charge in [0.05, 0.1) is 23.4 Å². The lowest BCUT2D eigenvalue weighted by atomic mass is 9.97. The predicted octanol–water partition coefficient (Wildman–Crippen LogP) is 1.58. The van der Waals surface area contributed by atoms with Crippen LogP contribution >= 0.6 is 11.6 Å². The number of carbonyl (C=O) groups excluding carboxylic acids is 2. The van der Waals surface area contributed by atoms with Crippen LogP contribution < -0.4 is 5.32 Å². The Kier molecular flexibility index (Phi) is 6.62. The molecule has 1 aromatic carbocycles. The zero-order chi connectivity index (χ0) is 19.5. The van der Waals surface area contributed by atoms with Crippen molar-refractivity contribution in [3.05, 3.63) is 28.8 Å². The summed E-state index contributed by atoms with van der Waals surface area (Å²) in [6.07, 6.45) is 0.820. The van der Waals surface area contributed by atoms with Crippen molar-refractivity contribution in [1.82, 2.24) is 8.61 Å². The fraction of sp³-hybridized carbons (Fsp3) is 0.500. The topological polar surface area (TPSA) is 96.0 Å². The molecule has 26 heavy (non-hydrogen) atoms. The van der Waals surface area contributed by atoms with Crippen LogP contribution in [0.1, 0.15) is 23.2 Å². The number of halogens is 1. The van der Waals surface area contributed by atoms with Crippen molar-refractivity contribution in [1.29, 1.82) is 0 Å². The number of nitrogens with zero attached hydrogens (tertiary/aromatic N) is 2. The van der Waals surface area contributed by atoms with Crippen LogP contribution in [0.4, 0.5) is 5.69 Å². The average molecular weight is 404 g/mol. The smallest absolute Gasteiger partial charge is 0.337 e. The molecule has 0 aromatic heterocycles. The molecule has 1 N–H and O–H groups in total. The molecule has 8 nitrogen and oxygen atoms in total. The highest BCUT2D eigenvalue weighted by Gasteiger charge is 2.32. The van der Waals surface area contributed by atoms with Gasteiger partial charge in [-0.2, -0.15) is 17.0 Å². The SMILES string of the molecule is COC(=O)c1ccc(Cl)c(NC(=O)C2CCN(S(=O)(=O)N(C)C)CC2)c1. The Balaban J connectivity index is 2.03. The largest absolute Gasteiger partial charge is 0.465 e. The first-order valence-electron chi connectivity index (χ1n) is 8.03. The van der Waals surface area contributed by atoms with Gasteiger partial charge in [0, 0.05) is 33.1 Å². The van der Waals surface area contributed by atoms with E-state index in [-0.39, 0.29) is 30.5 Å². The van der Waals surface area contributed by atoms with E-state index in [1.54, 1.807) is 0 Å². The number of carbonyl (C=O) groups is 2. The molecule has 1 amide bonds. The maximum Gasteiger partial charge on any atom is 0.337 e. The number of anilines is 1. The summed E-state index contributed by atoms with van der Waals surface area (Å²) < 4.78 is 31.4. The number of hydrogen-bond donors (Lipinski definition) is 1. The van der Waals surface area contributed by atoms with Crippen molar-refractivity contribution in [3.63, 3.8) is 0 Å². The Hall–Kier alpha value is -1.68. The molecule has 0 atom stereocenters. The van der Waals surface area contributed by atoms with Gasteiger partial charge in [0.1, 0.15) is 0 Å². The lowest BCUT2D eigenvalue weighted by Gasteiger charge is -2.32. The molecule has 2 rings (SSSR count). The van der Waals surface area contributed by atoms with Crippen molar-refractivity contribution >= 4 is 39.4 Å². The third-order valence-electron chi connectivity index (χ3n) is 4.26. The molecule has 144 valence electrons. The third kappa shape index (κ3) is 4.53. The Morgan fingerprint density at radius 3 is 2.42 bits per heavy atom. The first-order chi connectivity index (χ1) is 12.2. The van der Waals surface area contributed by atoms with Crippen LogP contribution in [0.2, 0.25) is 5.02 Å². The molecule has 1 aromatic rings. The van der Waals surface area contributed by atoms with Crippen molar-refractivity contribution in [2.75, 3.05) is 39.6 Å². The van der Waals surface area contributed by atoms with E-state index in [0.29, 0.717) is 23.6 Å². The summed E-state index contributed by atoms with van der Waals surface area (Å²) >= 11 is 6.09. The number of nitrogens with one attached hydrogen (secondary N) is 1. The van der Waals surface area contributed by atoms with E-state index in [0.717, 1.165) is 4.31 Å². The van der Waals surface area contributed by atoms with Gasteiger partial charge >= 0.3 is 5.97 Å². The van der Waals surface area contributed by atoms with Gasteiger partial charge in [0.2, 0.25) is 5.91 Å². The Morgan fingerprint density at radius 1 is 1.27 bits per heavy atom. The molecule has 0 radical (unpaired) electrons. The fourth-order valence-corrected chi connectivity index (χ4v) is 3.98. The zero-order valence-electron chi connectivity index (χ0n) is 14.9. The number of methoxy groups -OCH3 is 1. The molecule has 0 aliphatic carbocycles. The zero-order valence-corrected chi connectivity index (χ0v) is 16.4. The molecular formula is C16H22ClN3O5S. The molecule has 10 heteroatoms. The van der Waals surface area contributed by atoms with Crippen LogP contribution in [0.15, 0.2) is 18.2 Å². The Labute approximate surface area is 158 Å². The van der Waals surface area contributed by atoms with Crippen molar-refractivity contribution < 1.29 is 22.7 Å². The Bertz CT molecular complexity index is 789. The van der Waals surface area contributed by atoms with Gasteiger partial charge in [0.25, 0.3) is 10.2 Å². The van der Waals surface area contributed by atoms with Crippen LogP contribution in [0, 0.1) is 5.92 Å². The number of amides is 1. The standard InChI is InChI=1S/C16H22ClN3O5S/c1-19(2)26(23,24)20-8-6-11(7-9-20)15(21)18-14-10-12(16(22)25-3)4-5-13(14)17/h4-5,10-11H,6-9H2,1-3H3,(H,18,21). The maximum absolute atomic E-state index is 12.5. The predicted molar refractivity (Wildman–Crippen MR) is 98.3 cm³/mol. The van der Waals surface area contributed by atoms with Gasteiger partial charge in [-0.15, -0.1) is 0 Å². The summed E-state index contributed by atoms with van der Waals surface area (Å²) in [4.78, 5) is 24.1. The molecule has 1 aliphatic rings. The van der Waals surface area contributed by atoms with Gasteiger partial charge in [-0.3, -0.25) is 4.79 Å². The number of hydrogen-bond acceptors (Lipinski definition) is 5. The lowest BCUT2D eigenvalue weighted by Crippen LogP contribution is -2.46. The quantitative estimate of drug-likeness (QED) is 0.753. The van der Waals surface area contributed by atoms with Gasteiger partial charge in [-0.25, -0.2) is 4.79 Å². The average Bonchev–Trinajstić information content (AvgIpc) is 2.62. The van der Waals surface area contributed by atoms with Gasteiger partial charge in [-0.1, -0.05) is 11.6 Å². The van der Waals surface area contributed by atoms with Crippen molar-refractivity contribution in [3.8, 4) is 0 Å². The second kappa shape index (κ2) is 8.34. The van der Waals surface area contributed by atoms with Crippen LogP contribution in [-0.2, 0) is 19.7 Å². The van der Waals surface area contributed by atoms with Gasteiger partial charge in [0.15, 0.2) is 0 Å². The highest BCUT2D eigenvalue weighted by atomic mass is 35.5. The minimum atomic E-state index is -3.47. The molecule has 1 saturated heterocycles. The normalized spacial score (nSPS) is 16.5. The van der Waals surface area contributed by atoms with Crippen LogP contribution in [0.3, 0.4) is 0 Å². The second-order valence-electron chi connectivity index (χ2n) is 6.14. The molecule has 0 saturated carbocycles. The number of esters is 1. The van der Waals surface area contributed by atoms with E-state index in [1.807, 2.05) is 0 Å². The molecular weight excluding hydrogens is 382 g/mol. The number of benzene rings is 1. The number of piperidine rings is 1. The summed E-state index contributed by atoms with van der Waals surface area (Å²) in [7, 11) is 0.752. The Morgan fingerprint density at radius 2 is 1.88 bits per heavy atom. The van der Waals surface area contributed by atoms with Crippen LogP contribution in [0.5, 0.6) is 0 Å².